The summed E-state index contributed by atoms with van der Waals surface area (Å²) in [5, 5.41) is 9.95. The Morgan fingerprint density at radius 1 is 1.58 bits per heavy atom. The smallest absolute Gasteiger partial charge is 0.136 e. The second kappa shape index (κ2) is 2.32. The van der Waals surface area contributed by atoms with Crippen LogP contribution in [-0.2, 0) is 4.79 Å². The SMILES string of the molecule is CC1C(=O)CC2C1CCC2(C)O. The van der Waals surface area contributed by atoms with E-state index in [4.69, 9.17) is 0 Å². The van der Waals surface area contributed by atoms with Crippen molar-refractivity contribution in [2.24, 2.45) is 17.8 Å². The second-order valence-electron chi connectivity index (χ2n) is 4.63. The van der Waals surface area contributed by atoms with E-state index in [0.29, 0.717) is 18.1 Å². The molecule has 0 aliphatic heterocycles. The van der Waals surface area contributed by atoms with E-state index >= 15 is 0 Å². The fourth-order valence-electron chi connectivity index (χ4n) is 2.92. The van der Waals surface area contributed by atoms with Gasteiger partial charge in [-0.1, -0.05) is 6.92 Å². The molecular weight excluding hydrogens is 152 g/mol. The van der Waals surface area contributed by atoms with Gasteiger partial charge in [-0.05, 0) is 31.6 Å². The summed E-state index contributed by atoms with van der Waals surface area (Å²) in [7, 11) is 0. The van der Waals surface area contributed by atoms with Gasteiger partial charge in [0.05, 0.1) is 5.60 Å². The maximum absolute atomic E-state index is 11.4. The number of carbonyl (C=O) groups excluding carboxylic acids is 1. The highest BCUT2D eigenvalue weighted by Crippen LogP contribution is 2.50. The number of hydrogen-bond donors (Lipinski definition) is 1. The fraction of sp³-hybridized carbons (Fsp3) is 0.900. The Balaban J connectivity index is 2.24. The molecule has 2 aliphatic carbocycles. The van der Waals surface area contributed by atoms with Crippen LogP contribution in [0.5, 0.6) is 0 Å². The molecule has 0 heterocycles. The third kappa shape index (κ3) is 0.939. The van der Waals surface area contributed by atoms with Crippen LogP contribution in [0.15, 0.2) is 0 Å². The lowest BCUT2D eigenvalue weighted by Crippen LogP contribution is -2.29. The van der Waals surface area contributed by atoms with E-state index in [9.17, 15) is 9.90 Å². The van der Waals surface area contributed by atoms with Gasteiger partial charge in [0.25, 0.3) is 0 Å². The Morgan fingerprint density at radius 2 is 2.25 bits per heavy atom. The molecule has 2 rings (SSSR count). The molecule has 2 nitrogen and oxygen atoms in total. The summed E-state index contributed by atoms with van der Waals surface area (Å²) in [5.74, 6) is 1.27. The molecule has 0 amide bonds. The van der Waals surface area contributed by atoms with E-state index in [-0.39, 0.29) is 11.8 Å². The van der Waals surface area contributed by atoms with Gasteiger partial charge in [-0.2, -0.15) is 0 Å². The van der Waals surface area contributed by atoms with Gasteiger partial charge in [-0.3, -0.25) is 4.79 Å². The van der Waals surface area contributed by atoms with E-state index < -0.39 is 5.60 Å². The van der Waals surface area contributed by atoms with Gasteiger partial charge in [-0.25, -0.2) is 0 Å². The van der Waals surface area contributed by atoms with Gasteiger partial charge >= 0.3 is 0 Å². The van der Waals surface area contributed by atoms with Crippen LogP contribution in [0.3, 0.4) is 0 Å². The summed E-state index contributed by atoms with van der Waals surface area (Å²) in [4.78, 5) is 11.4. The summed E-state index contributed by atoms with van der Waals surface area (Å²) in [5.41, 5.74) is -0.564. The number of aliphatic hydroxyl groups is 1. The molecule has 0 aromatic rings. The predicted octanol–water partition coefficient (Wildman–Crippen LogP) is 1.37. The molecule has 0 aromatic carbocycles. The van der Waals surface area contributed by atoms with Crippen LogP contribution >= 0.6 is 0 Å². The third-order valence-corrected chi connectivity index (χ3v) is 3.87. The predicted molar refractivity (Wildman–Crippen MR) is 45.6 cm³/mol. The van der Waals surface area contributed by atoms with Crippen molar-refractivity contribution in [3.05, 3.63) is 0 Å². The summed E-state index contributed by atoms with van der Waals surface area (Å²) in [6, 6.07) is 0. The zero-order valence-electron chi connectivity index (χ0n) is 7.71. The van der Waals surface area contributed by atoms with Crippen molar-refractivity contribution in [3.8, 4) is 0 Å². The van der Waals surface area contributed by atoms with Crippen molar-refractivity contribution in [2.75, 3.05) is 0 Å². The zero-order valence-corrected chi connectivity index (χ0v) is 7.71. The molecule has 0 saturated heterocycles. The van der Waals surface area contributed by atoms with E-state index in [1.165, 1.54) is 0 Å². The molecule has 2 fully saturated rings. The number of hydrogen-bond acceptors (Lipinski definition) is 2. The topological polar surface area (TPSA) is 37.3 Å². The molecular formula is C10H16O2. The second-order valence-corrected chi connectivity index (χ2v) is 4.63. The molecule has 4 atom stereocenters. The quantitative estimate of drug-likeness (QED) is 0.593. The maximum atomic E-state index is 11.4. The number of carbonyl (C=O) groups is 1. The molecule has 12 heavy (non-hydrogen) atoms. The van der Waals surface area contributed by atoms with Crippen LogP contribution in [0.4, 0.5) is 0 Å². The molecule has 0 spiro atoms. The first-order valence-electron chi connectivity index (χ1n) is 4.77. The number of rotatable bonds is 0. The molecule has 2 saturated carbocycles. The van der Waals surface area contributed by atoms with Crippen LogP contribution in [0.25, 0.3) is 0 Å². The lowest BCUT2D eigenvalue weighted by Gasteiger charge is -2.24. The number of fused-ring (bicyclic) bond motifs is 1. The van der Waals surface area contributed by atoms with Gasteiger partial charge in [0, 0.05) is 12.3 Å². The number of ketones is 1. The summed E-state index contributed by atoms with van der Waals surface area (Å²) < 4.78 is 0. The van der Waals surface area contributed by atoms with Gasteiger partial charge in [-0.15, -0.1) is 0 Å². The first kappa shape index (κ1) is 8.24. The van der Waals surface area contributed by atoms with Crippen molar-refractivity contribution < 1.29 is 9.90 Å². The molecule has 68 valence electrons. The highest BCUT2D eigenvalue weighted by Gasteiger charge is 2.52. The Kier molecular flexibility index (Phi) is 1.59. The molecule has 2 aliphatic rings. The molecule has 0 bridgehead atoms. The average molecular weight is 168 g/mol. The minimum atomic E-state index is -0.564. The lowest BCUT2D eigenvalue weighted by atomic mass is 9.88. The minimum absolute atomic E-state index is 0.198. The molecule has 4 unspecified atom stereocenters. The number of Topliss-reactive ketones (excluding diaryl/α,β-unsaturated/α-hetero) is 1. The van der Waals surface area contributed by atoms with Crippen molar-refractivity contribution in [3.63, 3.8) is 0 Å². The fourth-order valence-corrected chi connectivity index (χ4v) is 2.92. The van der Waals surface area contributed by atoms with Crippen molar-refractivity contribution in [1.82, 2.24) is 0 Å². The van der Waals surface area contributed by atoms with Crippen molar-refractivity contribution in [2.45, 2.75) is 38.7 Å². The van der Waals surface area contributed by atoms with E-state index in [0.717, 1.165) is 12.8 Å². The monoisotopic (exact) mass is 168 g/mol. The first-order valence-corrected chi connectivity index (χ1v) is 4.77. The molecule has 0 radical (unpaired) electrons. The standard InChI is InChI=1S/C10H16O2/c1-6-7-3-4-10(2,12)8(7)5-9(6)11/h6-8,12H,3-5H2,1-2H3. The Morgan fingerprint density at radius 3 is 2.83 bits per heavy atom. The lowest BCUT2D eigenvalue weighted by molar-refractivity contribution is -0.121. The van der Waals surface area contributed by atoms with E-state index in [2.05, 4.69) is 0 Å². The summed E-state index contributed by atoms with van der Waals surface area (Å²) in [6.07, 6.45) is 2.52. The largest absolute Gasteiger partial charge is 0.390 e. The summed E-state index contributed by atoms with van der Waals surface area (Å²) in [6.45, 7) is 3.89. The average Bonchev–Trinajstić information content (AvgIpc) is 2.40. The minimum Gasteiger partial charge on any atom is -0.390 e. The summed E-state index contributed by atoms with van der Waals surface area (Å²) >= 11 is 0. The van der Waals surface area contributed by atoms with E-state index in [1.807, 2.05) is 13.8 Å². The highest BCUT2D eigenvalue weighted by molar-refractivity contribution is 5.84. The Labute approximate surface area is 73.0 Å². The molecule has 2 heteroatoms. The maximum Gasteiger partial charge on any atom is 0.136 e. The van der Waals surface area contributed by atoms with Gasteiger partial charge < -0.3 is 5.11 Å². The van der Waals surface area contributed by atoms with Crippen LogP contribution in [0, 0.1) is 17.8 Å². The molecule has 1 N–H and O–H groups in total. The van der Waals surface area contributed by atoms with Crippen molar-refractivity contribution in [1.29, 1.82) is 0 Å². The zero-order chi connectivity index (χ0) is 8.93. The van der Waals surface area contributed by atoms with E-state index in [1.54, 1.807) is 0 Å². The highest BCUT2D eigenvalue weighted by atomic mass is 16.3. The Bertz CT molecular complexity index is 220. The molecule has 0 aromatic heterocycles. The van der Waals surface area contributed by atoms with Crippen LogP contribution in [-0.4, -0.2) is 16.5 Å². The van der Waals surface area contributed by atoms with Crippen LogP contribution in [0.2, 0.25) is 0 Å². The third-order valence-electron chi connectivity index (χ3n) is 3.87. The van der Waals surface area contributed by atoms with Crippen LogP contribution in [0.1, 0.15) is 33.1 Å². The normalized spacial score (nSPS) is 52.9. The Hall–Kier alpha value is -0.370. The van der Waals surface area contributed by atoms with Crippen molar-refractivity contribution >= 4 is 5.78 Å². The van der Waals surface area contributed by atoms with Gasteiger partial charge in [0.15, 0.2) is 0 Å². The van der Waals surface area contributed by atoms with Gasteiger partial charge in [0.2, 0.25) is 0 Å². The van der Waals surface area contributed by atoms with Gasteiger partial charge in [0.1, 0.15) is 5.78 Å². The van der Waals surface area contributed by atoms with Crippen LogP contribution < -0.4 is 0 Å². The first-order chi connectivity index (χ1) is 5.52.